The topological polar surface area (TPSA) is 192 Å². The first-order valence-electron chi connectivity index (χ1n) is 22.1. The lowest BCUT2D eigenvalue weighted by atomic mass is 9.85. The van der Waals surface area contributed by atoms with Crippen molar-refractivity contribution in [2.75, 3.05) is 19.8 Å². The van der Waals surface area contributed by atoms with E-state index in [-0.39, 0.29) is 13.0 Å². The standard InChI is InChI=1S/C45H79O12P/c1-3-5-7-9-11-13-15-17-19-21-23-25-27-29-31-33-35-54-36-38(37-55-58(52,53)57-45-43(50)41(48)40(47)42(49)44(45)51)56-39(46)34-32-30-28-26-24-22-20-18-16-14-12-10-8-6-4-2/h5,7,11,13,17,19,23,25,29,31,38,40-45,47-51H,3-4,6,8-10,12,14-16,18,20-22,24,26-28,30,32-37H2,1-2H3,(H,52,53)/b7-5-,13-11-,19-17-,25-23-,31-29-. The lowest BCUT2D eigenvalue weighted by Crippen LogP contribution is -2.64. The highest BCUT2D eigenvalue weighted by Gasteiger charge is 2.51. The van der Waals surface area contributed by atoms with Crippen molar-refractivity contribution >= 4 is 13.8 Å². The lowest BCUT2D eigenvalue weighted by Gasteiger charge is -2.41. The largest absolute Gasteiger partial charge is 0.472 e. The third-order valence-corrected chi connectivity index (χ3v) is 10.9. The molecule has 0 aliphatic heterocycles. The summed E-state index contributed by atoms with van der Waals surface area (Å²) in [6, 6.07) is 0. The van der Waals surface area contributed by atoms with Gasteiger partial charge in [0.25, 0.3) is 0 Å². The number of carbonyl (C=O) groups is 1. The molecule has 1 saturated carbocycles. The second-order valence-corrected chi connectivity index (χ2v) is 16.6. The van der Waals surface area contributed by atoms with Gasteiger partial charge in [-0.15, -0.1) is 0 Å². The number of hydrogen-bond donors (Lipinski definition) is 6. The number of carbonyl (C=O) groups excluding carboxylic acids is 1. The van der Waals surface area contributed by atoms with Crippen LogP contribution in [0.5, 0.6) is 0 Å². The van der Waals surface area contributed by atoms with Crippen molar-refractivity contribution in [3.8, 4) is 0 Å². The number of rotatable bonds is 36. The Morgan fingerprint density at radius 1 is 0.569 bits per heavy atom. The fraction of sp³-hybridized carbons (Fsp3) is 0.756. The highest BCUT2D eigenvalue weighted by atomic mass is 31.2. The summed E-state index contributed by atoms with van der Waals surface area (Å²) in [5, 5.41) is 50.1. The van der Waals surface area contributed by atoms with Crippen LogP contribution in [0.25, 0.3) is 0 Å². The molecular weight excluding hydrogens is 763 g/mol. The van der Waals surface area contributed by atoms with Crippen molar-refractivity contribution in [2.24, 2.45) is 0 Å². The average Bonchev–Trinajstić information content (AvgIpc) is 3.21. The van der Waals surface area contributed by atoms with Crippen molar-refractivity contribution in [3.63, 3.8) is 0 Å². The van der Waals surface area contributed by atoms with E-state index in [4.69, 9.17) is 18.5 Å². The van der Waals surface area contributed by atoms with Gasteiger partial charge in [-0.1, -0.05) is 164 Å². The molecule has 12 nitrogen and oxygen atoms in total. The van der Waals surface area contributed by atoms with Gasteiger partial charge in [-0.25, -0.2) is 4.57 Å². The molecule has 336 valence electrons. The predicted octanol–water partition coefficient (Wildman–Crippen LogP) is 8.64. The third kappa shape index (κ3) is 27.7. The quantitative estimate of drug-likeness (QED) is 0.0153. The van der Waals surface area contributed by atoms with E-state index < -0.39 is 63.1 Å². The van der Waals surface area contributed by atoms with E-state index in [1.54, 1.807) is 0 Å². The van der Waals surface area contributed by atoms with Crippen LogP contribution >= 0.6 is 7.82 Å². The molecule has 1 fully saturated rings. The number of hydrogen-bond acceptors (Lipinski definition) is 11. The van der Waals surface area contributed by atoms with E-state index in [1.165, 1.54) is 70.6 Å². The van der Waals surface area contributed by atoms with Gasteiger partial charge in [-0.3, -0.25) is 13.8 Å². The molecule has 0 heterocycles. The minimum atomic E-state index is -5.04. The molecule has 6 unspecified atom stereocenters. The molecule has 1 rings (SSSR count). The van der Waals surface area contributed by atoms with Crippen LogP contribution < -0.4 is 0 Å². The van der Waals surface area contributed by atoms with Crippen molar-refractivity contribution in [3.05, 3.63) is 60.8 Å². The number of esters is 1. The van der Waals surface area contributed by atoms with E-state index in [2.05, 4.69) is 62.5 Å². The van der Waals surface area contributed by atoms with Gasteiger partial charge in [0.2, 0.25) is 0 Å². The Kier molecular flexibility index (Phi) is 33.3. The summed E-state index contributed by atoms with van der Waals surface area (Å²) in [5.41, 5.74) is 0. The van der Waals surface area contributed by atoms with Crippen LogP contribution in [-0.4, -0.2) is 98.9 Å². The van der Waals surface area contributed by atoms with Crippen LogP contribution in [0.15, 0.2) is 60.8 Å². The fourth-order valence-corrected chi connectivity index (χ4v) is 7.39. The summed E-state index contributed by atoms with van der Waals surface area (Å²) in [4.78, 5) is 23.1. The maximum absolute atomic E-state index is 12.8. The molecule has 1 aliphatic rings. The van der Waals surface area contributed by atoms with Crippen LogP contribution in [0.2, 0.25) is 0 Å². The number of allylic oxidation sites excluding steroid dienone is 9. The van der Waals surface area contributed by atoms with Crippen LogP contribution in [0.1, 0.15) is 155 Å². The van der Waals surface area contributed by atoms with E-state index in [0.717, 1.165) is 51.4 Å². The Labute approximate surface area is 349 Å². The molecule has 1 aliphatic carbocycles. The maximum atomic E-state index is 12.8. The Bertz CT molecular complexity index is 1190. The number of phosphoric ester groups is 1. The minimum Gasteiger partial charge on any atom is -0.457 e. The normalized spacial score (nSPS) is 23.2. The second kappa shape index (κ2) is 35.8. The molecular formula is C45H79O12P. The summed E-state index contributed by atoms with van der Waals surface area (Å²) >= 11 is 0. The van der Waals surface area contributed by atoms with E-state index in [1.807, 2.05) is 12.2 Å². The molecule has 58 heavy (non-hydrogen) atoms. The van der Waals surface area contributed by atoms with Crippen molar-refractivity contribution < 1.29 is 58.3 Å². The molecule has 0 aromatic rings. The van der Waals surface area contributed by atoms with Crippen LogP contribution in [0.4, 0.5) is 0 Å². The first-order valence-corrected chi connectivity index (χ1v) is 23.6. The first kappa shape index (κ1) is 54.1. The van der Waals surface area contributed by atoms with Crippen LogP contribution in [0.3, 0.4) is 0 Å². The smallest absolute Gasteiger partial charge is 0.457 e. The van der Waals surface area contributed by atoms with Crippen molar-refractivity contribution in [1.29, 1.82) is 0 Å². The summed E-state index contributed by atoms with van der Waals surface area (Å²) < 4.78 is 34.0. The highest BCUT2D eigenvalue weighted by Crippen LogP contribution is 2.47. The Hall–Kier alpha value is -1.96. The first-order chi connectivity index (χ1) is 28.0. The number of aliphatic hydroxyl groups excluding tert-OH is 5. The van der Waals surface area contributed by atoms with E-state index in [9.17, 15) is 39.8 Å². The number of phosphoric acid groups is 1. The van der Waals surface area contributed by atoms with Gasteiger partial charge in [0.15, 0.2) is 0 Å². The molecule has 13 heteroatoms. The number of ether oxygens (including phenoxy) is 2. The zero-order chi connectivity index (χ0) is 42.7. The molecule has 6 N–H and O–H groups in total. The van der Waals surface area contributed by atoms with Gasteiger partial charge < -0.3 is 39.9 Å². The highest BCUT2D eigenvalue weighted by molar-refractivity contribution is 7.47. The monoisotopic (exact) mass is 843 g/mol. The van der Waals surface area contributed by atoms with Gasteiger partial charge in [-0.2, -0.15) is 0 Å². The van der Waals surface area contributed by atoms with E-state index in [0.29, 0.717) is 19.4 Å². The summed E-state index contributed by atoms with van der Waals surface area (Å²) in [5.74, 6) is -0.503. The molecule has 0 aromatic heterocycles. The molecule has 0 radical (unpaired) electrons. The number of unbranched alkanes of at least 4 members (excludes halogenated alkanes) is 14. The molecule has 0 aromatic carbocycles. The molecule has 0 amide bonds. The third-order valence-electron chi connectivity index (χ3n) is 9.92. The number of aliphatic hydroxyl groups is 5. The average molecular weight is 843 g/mol. The summed E-state index contributed by atoms with van der Waals surface area (Å²) in [7, 11) is -5.04. The van der Waals surface area contributed by atoms with Gasteiger partial charge in [-0.05, 0) is 44.9 Å². The zero-order valence-corrected chi connectivity index (χ0v) is 36.5. The van der Waals surface area contributed by atoms with Gasteiger partial charge in [0.1, 0.15) is 42.7 Å². The Morgan fingerprint density at radius 2 is 0.983 bits per heavy atom. The summed E-state index contributed by atoms with van der Waals surface area (Å²) in [6.45, 7) is 3.93. The van der Waals surface area contributed by atoms with Gasteiger partial charge in [0, 0.05) is 6.42 Å². The fourth-order valence-electron chi connectivity index (χ4n) is 6.42. The minimum absolute atomic E-state index is 0.131. The zero-order valence-electron chi connectivity index (χ0n) is 35.6. The van der Waals surface area contributed by atoms with E-state index >= 15 is 0 Å². The Balaban J connectivity index is 2.47. The second-order valence-electron chi connectivity index (χ2n) is 15.2. The molecule has 0 bridgehead atoms. The SMILES string of the molecule is CC/C=C\C/C=C\C/C=C\C/C=C\C/C=C\CCOCC(COP(=O)(O)OC1C(O)C(O)C(O)C(O)C1O)OC(=O)CCCCCCCCCCCCCCCCC. The molecule has 0 saturated heterocycles. The van der Waals surface area contributed by atoms with Crippen LogP contribution in [-0.2, 0) is 27.9 Å². The summed E-state index contributed by atoms with van der Waals surface area (Å²) in [6.07, 6.45) is 31.7. The van der Waals surface area contributed by atoms with Crippen LogP contribution in [0, 0.1) is 0 Å². The molecule has 0 spiro atoms. The van der Waals surface area contributed by atoms with Gasteiger partial charge >= 0.3 is 13.8 Å². The lowest BCUT2D eigenvalue weighted by molar-refractivity contribution is -0.220. The van der Waals surface area contributed by atoms with Gasteiger partial charge in [0.05, 0.1) is 19.8 Å². The Morgan fingerprint density at radius 3 is 1.45 bits per heavy atom. The van der Waals surface area contributed by atoms with Crippen molar-refractivity contribution in [1.82, 2.24) is 0 Å². The van der Waals surface area contributed by atoms with Crippen molar-refractivity contribution in [2.45, 2.75) is 198 Å². The predicted molar refractivity (Wildman–Crippen MR) is 230 cm³/mol. The molecule has 6 atom stereocenters. The maximum Gasteiger partial charge on any atom is 0.472 e.